The second-order valence-electron chi connectivity index (χ2n) is 8.04. The first-order valence-corrected chi connectivity index (χ1v) is 18.7. The molecule has 0 bridgehead atoms. The van der Waals surface area contributed by atoms with E-state index in [0.29, 0.717) is 5.69 Å². The summed E-state index contributed by atoms with van der Waals surface area (Å²) in [6.07, 6.45) is 7.39. The summed E-state index contributed by atoms with van der Waals surface area (Å²) in [5, 5.41) is 0. The molecule has 0 N–H and O–H groups in total. The van der Waals surface area contributed by atoms with Crippen LogP contribution >= 0.6 is 0 Å². The molecule has 0 aliphatic carbocycles. The van der Waals surface area contributed by atoms with Crippen molar-refractivity contribution in [3.05, 3.63) is 48.2 Å². The van der Waals surface area contributed by atoms with Gasteiger partial charge in [-0.2, -0.15) is 0 Å². The number of nitrogens with zero attached hydrogens (tertiary/aromatic N) is 1. The Labute approximate surface area is 181 Å². The van der Waals surface area contributed by atoms with Crippen LogP contribution in [-0.4, -0.2) is 36.4 Å². The van der Waals surface area contributed by atoms with E-state index in [-0.39, 0.29) is 5.97 Å². The van der Waals surface area contributed by atoms with Gasteiger partial charge in [0.05, 0.1) is 0 Å². The second-order valence-corrected chi connectivity index (χ2v) is 21.2. The molecule has 0 atom stereocenters. The zero-order valence-corrected chi connectivity index (χ0v) is 21.5. The van der Waals surface area contributed by atoms with Gasteiger partial charge in [0.25, 0.3) is 0 Å². The molecule has 0 unspecified atom stereocenters. The van der Waals surface area contributed by atoms with Gasteiger partial charge in [-0.15, -0.1) is 0 Å². The van der Waals surface area contributed by atoms with Crippen molar-refractivity contribution in [3.63, 3.8) is 0 Å². The molecule has 29 heavy (non-hydrogen) atoms. The van der Waals surface area contributed by atoms with Gasteiger partial charge in [-0.05, 0) is 0 Å². The summed E-state index contributed by atoms with van der Waals surface area (Å²) in [5.74, 6) is -0.275. The summed E-state index contributed by atoms with van der Waals surface area (Å²) in [6.45, 7) is 6.82. The fourth-order valence-corrected chi connectivity index (χ4v) is 20.6. The minimum atomic E-state index is -2.79. The van der Waals surface area contributed by atoms with Gasteiger partial charge >= 0.3 is 182 Å². The zero-order valence-electron chi connectivity index (χ0n) is 18.7. The summed E-state index contributed by atoms with van der Waals surface area (Å²) >= 11 is -2.79. The second kappa shape index (κ2) is 12.4. The number of carbonyl (C=O) groups excluding carboxylic acids is 1. The molecule has 158 valence electrons. The van der Waals surface area contributed by atoms with Crippen molar-refractivity contribution in [2.24, 2.45) is 0 Å². The van der Waals surface area contributed by atoms with Crippen LogP contribution in [0.5, 0.6) is 0 Å². The molecule has 1 aromatic heterocycles. The van der Waals surface area contributed by atoms with E-state index in [1.807, 2.05) is 30.3 Å². The van der Waals surface area contributed by atoms with E-state index >= 15 is 0 Å². The van der Waals surface area contributed by atoms with Crippen molar-refractivity contribution in [2.45, 2.75) is 72.6 Å². The van der Waals surface area contributed by atoms with Gasteiger partial charge in [0.1, 0.15) is 0 Å². The molecule has 0 radical (unpaired) electrons. The SMILES string of the molecule is CCC[CH2][Sn]([CH2]CCC)([CH2]CCC)[c]1ccc(-c2ccccc2)nc1C(=O)OC. The molecule has 2 rings (SSSR count). The van der Waals surface area contributed by atoms with E-state index < -0.39 is 18.4 Å². The van der Waals surface area contributed by atoms with Gasteiger partial charge in [0.15, 0.2) is 0 Å². The first kappa shape index (κ1) is 23.9. The number of rotatable bonds is 12. The van der Waals surface area contributed by atoms with Gasteiger partial charge < -0.3 is 0 Å². The van der Waals surface area contributed by atoms with Gasteiger partial charge in [-0.25, -0.2) is 0 Å². The van der Waals surface area contributed by atoms with E-state index in [1.54, 1.807) is 0 Å². The molecule has 0 amide bonds. The third-order valence-electron chi connectivity index (χ3n) is 5.94. The quantitative estimate of drug-likeness (QED) is 0.243. The van der Waals surface area contributed by atoms with Crippen LogP contribution in [0, 0.1) is 0 Å². The fraction of sp³-hybridized carbons (Fsp3) is 0.520. The molecule has 4 heteroatoms. The molecule has 0 saturated heterocycles. The monoisotopic (exact) mass is 503 g/mol. The fourth-order valence-electron chi connectivity index (χ4n) is 4.23. The molecular weight excluding hydrogens is 465 g/mol. The Bertz CT molecular complexity index is 739. The molecular formula is C25H37NO2Sn. The Kier molecular flexibility index (Phi) is 10.2. The molecule has 2 aromatic rings. The van der Waals surface area contributed by atoms with Crippen LogP contribution in [0.25, 0.3) is 11.3 Å². The average molecular weight is 502 g/mol. The Morgan fingerprint density at radius 1 is 0.862 bits per heavy atom. The topological polar surface area (TPSA) is 39.2 Å². The van der Waals surface area contributed by atoms with Crippen molar-refractivity contribution in [2.75, 3.05) is 7.11 Å². The number of ether oxygens (including phenoxy) is 1. The summed E-state index contributed by atoms with van der Waals surface area (Å²) in [4.78, 5) is 17.7. The Balaban J connectivity index is 2.61. The zero-order chi connectivity index (χ0) is 21.1. The summed E-state index contributed by atoms with van der Waals surface area (Å²) in [6, 6.07) is 14.5. The van der Waals surface area contributed by atoms with Gasteiger partial charge in [-0.3, -0.25) is 0 Å². The Hall–Kier alpha value is -1.36. The number of aromatic nitrogens is 1. The summed E-state index contributed by atoms with van der Waals surface area (Å²) in [7, 11) is 1.48. The number of hydrogen-bond acceptors (Lipinski definition) is 3. The molecule has 0 fully saturated rings. The molecule has 0 aliphatic heterocycles. The van der Waals surface area contributed by atoms with Crippen LogP contribution < -0.4 is 3.58 Å². The predicted molar refractivity (Wildman–Crippen MR) is 126 cm³/mol. The molecule has 0 aliphatic rings. The van der Waals surface area contributed by atoms with Crippen molar-refractivity contribution in [3.8, 4) is 11.3 Å². The Morgan fingerprint density at radius 3 is 1.90 bits per heavy atom. The maximum absolute atomic E-state index is 12.8. The Morgan fingerprint density at radius 2 is 1.41 bits per heavy atom. The number of benzene rings is 1. The van der Waals surface area contributed by atoms with Crippen molar-refractivity contribution >= 4 is 27.9 Å². The number of unbranched alkanes of at least 4 members (excludes halogenated alkanes) is 3. The first-order valence-electron chi connectivity index (χ1n) is 11.3. The molecule has 1 heterocycles. The van der Waals surface area contributed by atoms with Gasteiger partial charge in [0.2, 0.25) is 0 Å². The maximum atomic E-state index is 12.8. The molecule has 3 nitrogen and oxygen atoms in total. The minimum absolute atomic E-state index is 0.275. The number of pyridine rings is 1. The van der Waals surface area contributed by atoms with Crippen LogP contribution in [-0.2, 0) is 4.74 Å². The first-order chi connectivity index (χ1) is 14.1. The molecule has 1 aromatic carbocycles. The van der Waals surface area contributed by atoms with E-state index in [2.05, 4.69) is 32.9 Å². The van der Waals surface area contributed by atoms with E-state index in [0.717, 1.165) is 11.3 Å². The standard InChI is InChI=1S/C13H10NO2.3C4H9.Sn/c1-16-13(15)12-9-5-8-11(14-12)10-6-3-2-4-7-10;3*1-3-4-2;/h2-8H,1H3;3*1,3-4H2,2H3;. The average Bonchev–Trinajstić information content (AvgIpc) is 2.78. The van der Waals surface area contributed by atoms with Crippen molar-refractivity contribution < 1.29 is 9.53 Å². The van der Waals surface area contributed by atoms with E-state index in [4.69, 9.17) is 9.72 Å². The van der Waals surface area contributed by atoms with Crippen LogP contribution in [0.3, 0.4) is 0 Å². The predicted octanol–water partition coefficient (Wildman–Crippen LogP) is 6.59. The van der Waals surface area contributed by atoms with Crippen LogP contribution in [0.2, 0.25) is 13.3 Å². The number of methoxy groups -OCH3 is 1. The van der Waals surface area contributed by atoms with E-state index in [9.17, 15) is 4.79 Å². The molecule has 0 saturated carbocycles. The number of carbonyl (C=O) groups is 1. The van der Waals surface area contributed by atoms with E-state index in [1.165, 1.54) is 62.5 Å². The van der Waals surface area contributed by atoms with Crippen LogP contribution in [0.15, 0.2) is 42.5 Å². The third-order valence-corrected chi connectivity index (χ3v) is 21.6. The summed E-state index contributed by atoms with van der Waals surface area (Å²) in [5.41, 5.74) is 2.49. The van der Waals surface area contributed by atoms with Crippen molar-refractivity contribution in [1.82, 2.24) is 4.98 Å². The normalized spacial score (nSPS) is 11.4. The van der Waals surface area contributed by atoms with Gasteiger partial charge in [0, 0.05) is 0 Å². The van der Waals surface area contributed by atoms with Crippen LogP contribution in [0.4, 0.5) is 0 Å². The number of hydrogen-bond donors (Lipinski definition) is 0. The van der Waals surface area contributed by atoms with Crippen molar-refractivity contribution in [1.29, 1.82) is 0 Å². The third kappa shape index (κ3) is 6.31. The number of esters is 1. The van der Waals surface area contributed by atoms with Gasteiger partial charge in [-0.1, -0.05) is 0 Å². The molecule has 0 spiro atoms. The summed E-state index contributed by atoms with van der Waals surface area (Å²) < 4.78 is 10.4. The van der Waals surface area contributed by atoms with Crippen LogP contribution in [0.1, 0.15) is 69.8 Å².